The van der Waals surface area contributed by atoms with Crippen molar-refractivity contribution < 1.29 is 18.3 Å². The van der Waals surface area contributed by atoms with E-state index in [1.807, 2.05) is 0 Å². The standard InChI is InChI=1S/C17H17F2N3O2/c18-12-5-6-15(13(19)9-12)24-17-11(3-1-8-21-17)10-22-16(23)14-4-2-7-20-14/h1,3,5-6,8-9,14,20H,2,4,7,10H2,(H,22,23)/t14-/m1/s1. The lowest BCUT2D eigenvalue weighted by Gasteiger charge is -2.13. The number of carbonyl (C=O) groups excluding carboxylic acids is 1. The van der Waals surface area contributed by atoms with Gasteiger partial charge in [0.1, 0.15) is 5.82 Å². The van der Waals surface area contributed by atoms with E-state index in [0.29, 0.717) is 5.56 Å². The van der Waals surface area contributed by atoms with Crippen LogP contribution < -0.4 is 15.4 Å². The number of rotatable bonds is 5. The highest BCUT2D eigenvalue weighted by molar-refractivity contribution is 5.82. The minimum atomic E-state index is -0.814. The Balaban J connectivity index is 1.69. The fourth-order valence-electron chi connectivity index (χ4n) is 2.53. The first kappa shape index (κ1) is 16.3. The van der Waals surface area contributed by atoms with Crippen molar-refractivity contribution in [2.24, 2.45) is 0 Å². The molecule has 1 aromatic heterocycles. The largest absolute Gasteiger partial charge is 0.436 e. The van der Waals surface area contributed by atoms with Crippen molar-refractivity contribution in [3.63, 3.8) is 0 Å². The van der Waals surface area contributed by atoms with Gasteiger partial charge in [0.2, 0.25) is 11.8 Å². The maximum atomic E-state index is 13.7. The Morgan fingerprint density at radius 3 is 3.00 bits per heavy atom. The molecule has 1 amide bonds. The summed E-state index contributed by atoms with van der Waals surface area (Å²) in [6.45, 7) is 1.05. The summed E-state index contributed by atoms with van der Waals surface area (Å²) in [4.78, 5) is 16.1. The molecule has 1 saturated heterocycles. The fourth-order valence-corrected chi connectivity index (χ4v) is 2.53. The maximum Gasteiger partial charge on any atom is 0.237 e. The molecular weight excluding hydrogens is 316 g/mol. The molecule has 1 fully saturated rings. The van der Waals surface area contributed by atoms with Crippen LogP contribution in [0.4, 0.5) is 8.78 Å². The van der Waals surface area contributed by atoms with Gasteiger partial charge in [0.25, 0.3) is 0 Å². The number of nitrogens with zero attached hydrogens (tertiary/aromatic N) is 1. The van der Waals surface area contributed by atoms with E-state index < -0.39 is 11.6 Å². The summed E-state index contributed by atoms with van der Waals surface area (Å²) in [7, 11) is 0. The molecular formula is C17H17F2N3O2. The van der Waals surface area contributed by atoms with Crippen LogP contribution in [0.2, 0.25) is 0 Å². The van der Waals surface area contributed by atoms with E-state index in [1.54, 1.807) is 12.1 Å². The van der Waals surface area contributed by atoms with Crippen molar-refractivity contribution in [1.29, 1.82) is 0 Å². The summed E-state index contributed by atoms with van der Waals surface area (Å²) >= 11 is 0. The lowest BCUT2D eigenvalue weighted by atomic mass is 10.2. The van der Waals surface area contributed by atoms with Crippen molar-refractivity contribution in [3.8, 4) is 11.6 Å². The smallest absolute Gasteiger partial charge is 0.237 e. The zero-order valence-corrected chi connectivity index (χ0v) is 12.9. The summed E-state index contributed by atoms with van der Waals surface area (Å²) in [5.41, 5.74) is 0.604. The second-order valence-electron chi connectivity index (χ2n) is 5.51. The molecule has 24 heavy (non-hydrogen) atoms. The highest BCUT2D eigenvalue weighted by Gasteiger charge is 2.22. The Kier molecular flexibility index (Phi) is 5.00. The van der Waals surface area contributed by atoms with Gasteiger partial charge in [0.05, 0.1) is 6.04 Å². The van der Waals surface area contributed by atoms with E-state index in [9.17, 15) is 13.6 Å². The first-order chi connectivity index (χ1) is 11.6. The van der Waals surface area contributed by atoms with Crippen molar-refractivity contribution in [2.45, 2.75) is 25.4 Å². The van der Waals surface area contributed by atoms with Gasteiger partial charge in [0.15, 0.2) is 11.6 Å². The molecule has 0 spiro atoms. The van der Waals surface area contributed by atoms with E-state index in [2.05, 4.69) is 15.6 Å². The lowest BCUT2D eigenvalue weighted by molar-refractivity contribution is -0.122. The number of aromatic nitrogens is 1. The van der Waals surface area contributed by atoms with Crippen molar-refractivity contribution in [1.82, 2.24) is 15.6 Å². The zero-order valence-electron chi connectivity index (χ0n) is 12.9. The van der Waals surface area contributed by atoms with Crippen LogP contribution in [0.3, 0.4) is 0 Å². The third-order valence-electron chi connectivity index (χ3n) is 3.78. The molecule has 1 aliphatic rings. The highest BCUT2D eigenvalue weighted by atomic mass is 19.1. The van der Waals surface area contributed by atoms with Gasteiger partial charge in [-0.1, -0.05) is 6.07 Å². The fraction of sp³-hybridized carbons (Fsp3) is 0.294. The average molecular weight is 333 g/mol. The van der Waals surface area contributed by atoms with Crippen LogP contribution in [0, 0.1) is 11.6 Å². The van der Waals surface area contributed by atoms with E-state index >= 15 is 0 Å². The van der Waals surface area contributed by atoms with Gasteiger partial charge in [-0.3, -0.25) is 4.79 Å². The van der Waals surface area contributed by atoms with Crippen LogP contribution in [0.15, 0.2) is 36.5 Å². The summed E-state index contributed by atoms with van der Waals surface area (Å²) in [6.07, 6.45) is 3.28. The first-order valence-corrected chi connectivity index (χ1v) is 7.71. The minimum Gasteiger partial charge on any atom is -0.436 e. The zero-order chi connectivity index (χ0) is 16.9. The second-order valence-corrected chi connectivity index (χ2v) is 5.51. The predicted molar refractivity (Wildman–Crippen MR) is 83.5 cm³/mol. The number of halogens is 2. The van der Waals surface area contributed by atoms with Gasteiger partial charge in [-0.25, -0.2) is 13.8 Å². The Bertz CT molecular complexity index is 734. The molecule has 126 valence electrons. The number of hydrogen-bond acceptors (Lipinski definition) is 4. The van der Waals surface area contributed by atoms with Crippen LogP contribution in [0.1, 0.15) is 18.4 Å². The van der Waals surface area contributed by atoms with Crippen LogP contribution in [-0.4, -0.2) is 23.5 Å². The molecule has 3 rings (SSSR count). The number of amides is 1. The maximum absolute atomic E-state index is 13.7. The number of pyridine rings is 1. The monoisotopic (exact) mass is 333 g/mol. The average Bonchev–Trinajstić information content (AvgIpc) is 3.11. The van der Waals surface area contributed by atoms with E-state index in [4.69, 9.17) is 4.74 Å². The topological polar surface area (TPSA) is 63.2 Å². The Labute approximate surface area is 138 Å². The number of carbonyl (C=O) groups is 1. The minimum absolute atomic E-state index is 0.0877. The summed E-state index contributed by atoms with van der Waals surface area (Å²) in [5, 5.41) is 5.93. The molecule has 1 atom stereocenters. The normalized spacial score (nSPS) is 16.8. The van der Waals surface area contributed by atoms with Gasteiger partial charge < -0.3 is 15.4 Å². The van der Waals surface area contributed by atoms with Crippen LogP contribution in [0.25, 0.3) is 0 Å². The molecule has 2 heterocycles. The van der Waals surface area contributed by atoms with Gasteiger partial charge in [0, 0.05) is 24.4 Å². The molecule has 0 unspecified atom stereocenters. The molecule has 7 heteroatoms. The molecule has 0 saturated carbocycles. The van der Waals surface area contributed by atoms with Crippen molar-refractivity contribution in [3.05, 3.63) is 53.7 Å². The molecule has 0 radical (unpaired) electrons. The molecule has 0 aliphatic carbocycles. The number of hydrogen-bond donors (Lipinski definition) is 2. The number of nitrogens with one attached hydrogen (secondary N) is 2. The third-order valence-corrected chi connectivity index (χ3v) is 3.78. The SMILES string of the molecule is O=C(NCc1cccnc1Oc1ccc(F)cc1F)[C@H]1CCCN1. The number of benzene rings is 1. The first-order valence-electron chi connectivity index (χ1n) is 7.71. The summed E-state index contributed by atoms with van der Waals surface area (Å²) < 4.78 is 32.1. The predicted octanol–water partition coefficient (Wildman–Crippen LogP) is 2.52. The Morgan fingerprint density at radius 2 is 2.25 bits per heavy atom. The van der Waals surface area contributed by atoms with Gasteiger partial charge in [-0.2, -0.15) is 0 Å². The lowest BCUT2D eigenvalue weighted by Crippen LogP contribution is -2.40. The Morgan fingerprint density at radius 1 is 1.38 bits per heavy atom. The molecule has 1 aromatic carbocycles. The molecule has 1 aliphatic heterocycles. The van der Waals surface area contributed by atoms with E-state index in [1.165, 1.54) is 12.3 Å². The molecule has 5 nitrogen and oxygen atoms in total. The summed E-state index contributed by atoms with van der Waals surface area (Å²) in [6, 6.07) is 6.29. The number of ether oxygens (including phenoxy) is 1. The molecule has 2 N–H and O–H groups in total. The van der Waals surface area contributed by atoms with Gasteiger partial charge >= 0.3 is 0 Å². The summed E-state index contributed by atoms with van der Waals surface area (Å²) in [5.74, 6) is -1.54. The quantitative estimate of drug-likeness (QED) is 0.883. The molecule has 2 aromatic rings. The van der Waals surface area contributed by atoms with Gasteiger partial charge in [-0.05, 0) is 37.6 Å². The van der Waals surface area contributed by atoms with Crippen LogP contribution in [-0.2, 0) is 11.3 Å². The highest BCUT2D eigenvalue weighted by Crippen LogP contribution is 2.26. The van der Waals surface area contributed by atoms with Gasteiger partial charge in [-0.15, -0.1) is 0 Å². The van der Waals surface area contributed by atoms with E-state index in [-0.39, 0.29) is 30.1 Å². The van der Waals surface area contributed by atoms with Crippen LogP contribution >= 0.6 is 0 Å². The molecule has 0 bridgehead atoms. The third kappa shape index (κ3) is 3.86. The Hall–Kier alpha value is -2.54. The van der Waals surface area contributed by atoms with Crippen LogP contribution in [0.5, 0.6) is 11.6 Å². The van der Waals surface area contributed by atoms with Crippen molar-refractivity contribution in [2.75, 3.05) is 6.54 Å². The van der Waals surface area contributed by atoms with E-state index in [0.717, 1.165) is 31.5 Å². The second kappa shape index (κ2) is 7.35. The van der Waals surface area contributed by atoms with Crippen molar-refractivity contribution >= 4 is 5.91 Å².